The van der Waals surface area contributed by atoms with Gasteiger partial charge in [0.25, 0.3) is 0 Å². The van der Waals surface area contributed by atoms with Crippen molar-refractivity contribution in [1.82, 2.24) is 19.8 Å². The number of carboxylic acid groups (broad SMARTS) is 3. The van der Waals surface area contributed by atoms with Crippen molar-refractivity contribution in [3.8, 4) is 5.75 Å². The van der Waals surface area contributed by atoms with Crippen molar-refractivity contribution in [2.24, 2.45) is 0 Å². The Bertz CT molecular complexity index is 1450. The maximum absolute atomic E-state index is 13.4. The molecule has 0 aliphatic rings. The van der Waals surface area contributed by atoms with E-state index in [0.717, 1.165) is 37.9 Å². The monoisotopic (exact) mass is 855 g/mol. The number of aliphatic hydroxyl groups excluding tert-OH is 1. The van der Waals surface area contributed by atoms with Gasteiger partial charge in [0.05, 0.1) is 17.4 Å². The molecule has 2 aromatic heterocycles. The van der Waals surface area contributed by atoms with E-state index < -0.39 is 25.7 Å². The largest absolute Gasteiger partial charge is 4.00 e. The Balaban J connectivity index is -0.000000509. The summed E-state index contributed by atoms with van der Waals surface area (Å²) in [6.45, 7) is 9.45. The number of carboxylic acids is 3. The van der Waals surface area contributed by atoms with Crippen LogP contribution in [0, 0.1) is 6.92 Å². The molecule has 12 nitrogen and oxygen atoms in total. The van der Waals surface area contributed by atoms with Crippen molar-refractivity contribution < 1.29 is 98.7 Å². The molecule has 2 heterocycles. The fourth-order valence-corrected chi connectivity index (χ4v) is 3.82. The standard InChI is InChI=1S/C26H32N4O3.2C2H4O2.CH4O.F6P.Fe.Ni/c1-19(2)30(17-24-9-5-7-11-28-24)15-22-13-20(3)12-21(26(22)33)14-29(18-25(31)32)16-23-8-4-6-10-27-23;2*1-2(3)4;1-2;1-7(2,3,4,5)6;;/h4-13,19,33H,14-18H2,1-3H3,(H,31,32);2*1H3,(H,3,4);2H,1H3;;;/q;;;;-1;+4;+3/p-4. The Kier molecular flexibility index (Phi) is 26.4. The van der Waals surface area contributed by atoms with Crippen molar-refractivity contribution >= 4 is 25.7 Å². The number of aliphatic carboxylic acids is 3. The van der Waals surface area contributed by atoms with E-state index in [1.165, 1.54) is 0 Å². The van der Waals surface area contributed by atoms with Crippen LogP contribution >= 0.6 is 7.81 Å². The number of carbonyl (C=O) groups excluding carboxylic acids is 3. The molecule has 21 heteroatoms. The van der Waals surface area contributed by atoms with Crippen LogP contribution < -0.4 is 20.4 Å². The molecule has 0 fully saturated rings. The fourth-order valence-electron chi connectivity index (χ4n) is 3.82. The summed E-state index contributed by atoms with van der Waals surface area (Å²) in [5.41, 5.74) is 3.92. The van der Waals surface area contributed by atoms with Gasteiger partial charge in [-0.05, 0) is 70.0 Å². The van der Waals surface area contributed by atoms with Gasteiger partial charge in [-0.15, -0.1) is 0 Å². The summed E-state index contributed by atoms with van der Waals surface area (Å²) in [7, 11) is -9.66. The van der Waals surface area contributed by atoms with Crippen LogP contribution in [0.1, 0.15) is 55.8 Å². The van der Waals surface area contributed by atoms with E-state index >= 15 is 0 Å². The Morgan fingerprint density at radius 3 is 1.46 bits per heavy atom. The zero-order valence-electron chi connectivity index (χ0n) is 28.9. The van der Waals surface area contributed by atoms with Gasteiger partial charge in [-0.2, -0.15) is 0 Å². The van der Waals surface area contributed by atoms with Crippen LogP contribution in [0.2, 0.25) is 0 Å². The minimum absolute atomic E-state index is 0. The van der Waals surface area contributed by atoms with E-state index in [4.69, 9.17) is 24.9 Å². The third-order valence-electron chi connectivity index (χ3n) is 5.44. The maximum Gasteiger partial charge on any atom is 4.00 e. The van der Waals surface area contributed by atoms with Crippen LogP contribution in [0.4, 0.5) is 25.2 Å². The van der Waals surface area contributed by atoms with E-state index in [1.54, 1.807) is 23.4 Å². The second-order valence-corrected chi connectivity index (χ2v) is 12.4. The minimum Gasteiger partial charge on any atom is 3.00 e. The van der Waals surface area contributed by atoms with Crippen LogP contribution in [-0.2, 0) is 74.1 Å². The quantitative estimate of drug-likeness (QED) is 0.169. The molecule has 0 amide bonds. The third kappa shape index (κ3) is 35.1. The molecule has 52 heavy (non-hydrogen) atoms. The van der Waals surface area contributed by atoms with Crippen LogP contribution in [0.15, 0.2) is 60.9 Å². The summed E-state index contributed by atoms with van der Waals surface area (Å²) in [5, 5.41) is 49.5. The number of pyridine rings is 2. The van der Waals surface area contributed by atoms with Gasteiger partial charge < -0.3 is 39.9 Å². The van der Waals surface area contributed by atoms with E-state index in [1.807, 2.05) is 49.4 Å². The Labute approximate surface area is 318 Å². The van der Waals surface area contributed by atoms with Crippen molar-refractivity contribution in [1.29, 1.82) is 0 Å². The first-order valence-corrected chi connectivity index (χ1v) is 16.4. The molecule has 0 aliphatic heterocycles. The molecule has 0 unspecified atom stereocenters. The van der Waals surface area contributed by atoms with Crippen molar-refractivity contribution in [2.75, 3.05) is 13.7 Å². The first-order chi connectivity index (χ1) is 22.7. The van der Waals surface area contributed by atoms with Crippen LogP contribution in [0.3, 0.4) is 0 Å². The average molecular weight is 856 g/mol. The number of aryl methyl sites for hydroxylation is 1. The summed E-state index contributed by atoms with van der Waals surface area (Å²) in [5.74, 6) is -3.41. The molecule has 1 aromatic carbocycles. The number of hydrogen-bond acceptors (Lipinski definition) is 12. The van der Waals surface area contributed by atoms with Gasteiger partial charge in [0.15, 0.2) is 0 Å². The van der Waals surface area contributed by atoms with Crippen molar-refractivity contribution in [2.45, 2.75) is 66.8 Å². The van der Waals surface area contributed by atoms with E-state index in [2.05, 4.69) is 28.7 Å². The Morgan fingerprint density at radius 1 is 0.769 bits per heavy atom. The normalized spacial score (nSPS) is 11.5. The molecule has 0 bridgehead atoms. The maximum atomic E-state index is 13.4. The van der Waals surface area contributed by atoms with Gasteiger partial charge in [0.2, 0.25) is 0 Å². The number of nitrogens with zero attached hydrogens (tertiary/aromatic N) is 4. The number of halogens is 6. The molecular weight excluding hydrogens is 816 g/mol. The van der Waals surface area contributed by atoms with Gasteiger partial charge in [0, 0.05) is 70.2 Å². The summed E-state index contributed by atoms with van der Waals surface area (Å²) in [6, 6.07) is 15.3. The fraction of sp³-hybridized carbons (Fsp3) is 0.387. The Hall–Kier alpha value is -3.37. The number of carbonyl (C=O) groups is 3. The molecule has 0 spiro atoms. The zero-order valence-corrected chi connectivity index (χ0v) is 31.9. The van der Waals surface area contributed by atoms with Gasteiger partial charge in [0.1, 0.15) is 0 Å². The summed E-state index contributed by atoms with van der Waals surface area (Å²) >= 11 is 0. The molecule has 1 N–H and O–H groups in total. The van der Waals surface area contributed by atoms with E-state index in [-0.39, 0.29) is 58.4 Å². The molecule has 0 saturated heterocycles. The SMILES string of the molecule is CC(=O)[O-].CC(=O)[O-].CO.Cc1cc(CN(CC(=O)[O-])Cc2ccccn2)c([O-])c(CN(Cc2ccccn2)C(C)C)c1.F[P-](F)(F)(F)(F)F.[Fe+4].[Ni+3]. The summed E-state index contributed by atoms with van der Waals surface area (Å²) in [6.07, 6.45) is 3.43. The smallest absolute Gasteiger partial charge is 3.00 e. The summed E-state index contributed by atoms with van der Waals surface area (Å²) < 4.78 is 59.2. The first kappa shape index (κ1) is 55.4. The predicted octanol–water partition coefficient (Wildman–Crippen LogP) is 2.52. The van der Waals surface area contributed by atoms with E-state index in [0.29, 0.717) is 30.8 Å². The molecule has 0 atom stereocenters. The molecule has 3 aromatic rings. The summed E-state index contributed by atoms with van der Waals surface area (Å²) in [4.78, 5) is 41.7. The molecule has 295 valence electrons. The van der Waals surface area contributed by atoms with Crippen LogP contribution in [0.5, 0.6) is 5.75 Å². The molecular formula is C31H40F6FeN4NiO8P+2. The number of hydrogen-bond donors (Lipinski definition) is 1. The first-order valence-electron chi connectivity index (χ1n) is 14.3. The minimum atomic E-state index is -10.7. The number of aliphatic hydroxyl groups is 1. The third-order valence-corrected chi connectivity index (χ3v) is 5.44. The van der Waals surface area contributed by atoms with Crippen molar-refractivity contribution in [3.05, 3.63) is 89.0 Å². The molecule has 3 rings (SSSR count). The second-order valence-electron chi connectivity index (χ2n) is 10.5. The average Bonchev–Trinajstić information content (AvgIpc) is 2.94. The number of aromatic nitrogens is 2. The molecule has 0 aliphatic carbocycles. The van der Waals surface area contributed by atoms with E-state index in [9.17, 15) is 40.2 Å². The van der Waals surface area contributed by atoms with Crippen LogP contribution in [-0.4, -0.2) is 62.5 Å². The number of benzene rings is 1. The van der Waals surface area contributed by atoms with Crippen LogP contribution in [0.25, 0.3) is 0 Å². The zero-order chi connectivity index (χ0) is 39.4. The van der Waals surface area contributed by atoms with Crippen molar-refractivity contribution in [3.63, 3.8) is 0 Å². The number of rotatable bonds is 11. The topological polar surface area (TPSA) is 196 Å². The predicted molar refractivity (Wildman–Crippen MR) is 166 cm³/mol. The Morgan fingerprint density at radius 2 is 1.13 bits per heavy atom. The second kappa shape index (κ2) is 24.8. The molecule has 1 radical (unpaired) electrons. The van der Waals surface area contributed by atoms with Gasteiger partial charge in [-0.25, -0.2) is 0 Å². The van der Waals surface area contributed by atoms with Gasteiger partial charge in [-0.1, -0.05) is 35.6 Å². The van der Waals surface area contributed by atoms with Gasteiger partial charge in [-0.3, -0.25) is 19.8 Å². The molecule has 0 saturated carbocycles. The van der Waals surface area contributed by atoms with Gasteiger partial charge >= 0.3 is 66.6 Å².